The molecule has 0 bridgehead atoms. The van der Waals surface area contributed by atoms with E-state index in [0.29, 0.717) is 5.56 Å². The van der Waals surface area contributed by atoms with Gasteiger partial charge in [0.25, 0.3) is 0 Å². The van der Waals surface area contributed by atoms with Crippen molar-refractivity contribution in [1.29, 1.82) is 0 Å². The van der Waals surface area contributed by atoms with Crippen molar-refractivity contribution < 1.29 is 9.53 Å². The van der Waals surface area contributed by atoms with Gasteiger partial charge in [0.1, 0.15) is 6.10 Å². The molecular formula is C22H22N2O2. The van der Waals surface area contributed by atoms with E-state index in [-0.39, 0.29) is 18.1 Å². The molecule has 1 fully saturated rings. The Labute approximate surface area is 152 Å². The van der Waals surface area contributed by atoms with Gasteiger partial charge in [-0.1, -0.05) is 36.4 Å². The minimum atomic E-state index is -0.222. The van der Waals surface area contributed by atoms with Crippen LogP contribution >= 0.6 is 0 Å². The van der Waals surface area contributed by atoms with E-state index in [1.165, 1.54) is 22.2 Å². The smallest absolute Gasteiger partial charge is 0.338 e. The summed E-state index contributed by atoms with van der Waals surface area (Å²) in [6.07, 6.45) is 2.92. The number of nitrogens with one attached hydrogen (secondary N) is 1. The summed E-state index contributed by atoms with van der Waals surface area (Å²) in [5, 5.41) is 1.31. The maximum Gasteiger partial charge on any atom is 0.338 e. The number of aromatic nitrogens is 1. The summed E-state index contributed by atoms with van der Waals surface area (Å²) < 4.78 is 6.00. The Morgan fingerprint density at radius 3 is 2.73 bits per heavy atom. The molecule has 3 aromatic rings. The van der Waals surface area contributed by atoms with E-state index in [4.69, 9.17) is 4.74 Å². The highest BCUT2D eigenvalue weighted by Crippen LogP contribution is 2.40. The number of benzene rings is 2. The third-order valence-electron chi connectivity index (χ3n) is 5.74. The Morgan fingerprint density at radius 1 is 1.04 bits per heavy atom. The fourth-order valence-electron chi connectivity index (χ4n) is 4.55. The molecule has 4 nitrogen and oxygen atoms in total. The number of fused-ring (bicyclic) bond motifs is 5. The Hall–Kier alpha value is -2.59. The summed E-state index contributed by atoms with van der Waals surface area (Å²) in [6, 6.07) is 17.9. The molecule has 1 N–H and O–H groups in total. The number of hydrogen-bond donors (Lipinski definition) is 1. The molecule has 0 unspecified atom stereocenters. The first-order valence-corrected chi connectivity index (χ1v) is 9.41. The van der Waals surface area contributed by atoms with Crippen LogP contribution in [0.5, 0.6) is 0 Å². The molecule has 1 saturated heterocycles. The van der Waals surface area contributed by atoms with E-state index in [0.717, 1.165) is 32.4 Å². The van der Waals surface area contributed by atoms with E-state index in [1.54, 1.807) is 0 Å². The zero-order chi connectivity index (χ0) is 17.5. The largest absolute Gasteiger partial charge is 0.457 e. The van der Waals surface area contributed by atoms with Crippen LogP contribution in [0.3, 0.4) is 0 Å². The number of para-hydroxylation sites is 1. The topological polar surface area (TPSA) is 45.3 Å². The molecule has 4 heteroatoms. The molecule has 0 amide bonds. The lowest BCUT2D eigenvalue weighted by atomic mass is 9.88. The van der Waals surface area contributed by atoms with Gasteiger partial charge in [0, 0.05) is 23.1 Å². The van der Waals surface area contributed by atoms with Crippen LogP contribution in [-0.2, 0) is 11.2 Å². The lowest BCUT2D eigenvalue weighted by Crippen LogP contribution is -2.47. The van der Waals surface area contributed by atoms with Crippen molar-refractivity contribution in [2.24, 2.45) is 0 Å². The summed E-state index contributed by atoms with van der Waals surface area (Å²) in [7, 11) is 0. The number of hydrogen-bond acceptors (Lipinski definition) is 3. The van der Waals surface area contributed by atoms with Gasteiger partial charge in [-0.2, -0.15) is 0 Å². The predicted molar refractivity (Wildman–Crippen MR) is 101 cm³/mol. The summed E-state index contributed by atoms with van der Waals surface area (Å²) in [5.41, 5.74) is 4.43. The third kappa shape index (κ3) is 2.53. The minimum absolute atomic E-state index is 0.108. The van der Waals surface area contributed by atoms with Crippen LogP contribution in [0.25, 0.3) is 10.9 Å². The molecule has 2 aromatic carbocycles. The van der Waals surface area contributed by atoms with E-state index < -0.39 is 0 Å². The van der Waals surface area contributed by atoms with Crippen LogP contribution in [0.2, 0.25) is 0 Å². The molecule has 0 saturated carbocycles. The Bertz CT molecular complexity index is 947. The monoisotopic (exact) mass is 346 g/mol. The van der Waals surface area contributed by atoms with E-state index in [2.05, 4.69) is 34.1 Å². The molecule has 0 radical (unpaired) electrons. The second-order valence-electron chi connectivity index (χ2n) is 7.25. The molecule has 5 rings (SSSR count). The average Bonchev–Trinajstić information content (AvgIpc) is 3.07. The summed E-state index contributed by atoms with van der Waals surface area (Å²) in [5.74, 6) is -0.222. The van der Waals surface area contributed by atoms with Crippen molar-refractivity contribution in [1.82, 2.24) is 9.88 Å². The highest BCUT2D eigenvalue weighted by Gasteiger charge is 2.40. The fourth-order valence-corrected chi connectivity index (χ4v) is 4.55. The average molecular weight is 346 g/mol. The molecule has 2 atom stereocenters. The summed E-state index contributed by atoms with van der Waals surface area (Å²) in [4.78, 5) is 18.7. The minimum Gasteiger partial charge on any atom is -0.457 e. The number of ether oxygens (including phenoxy) is 1. The zero-order valence-corrected chi connectivity index (χ0v) is 14.7. The van der Waals surface area contributed by atoms with Crippen molar-refractivity contribution in [2.45, 2.75) is 31.4 Å². The number of piperidine rings is 1. The number of carbonyl (C=O) groups excluding carboxylic acids is 1. The quantitative estimate of drug-likeness (QED) is 0.711. The van der Waals surface area contributed by atoms with Gasteiger partial charge >= 0.3 is 5.97 Å². The van der Waals surface area contributed by atoms with Gasteiger partial charge in [0.2, 0.25) is 0 Å². The van der Waals surface area contributed by atoms with Crippen LogP contribution in [0.15, 0.2) is 54.6 Å². The second kappa shape index (κ2) is 6.29. The number of H-pyrrole nitrogens is 1. The van der Waals surface area contributed by atoms with Gasteiger partial charge in [-0.05, 0) is 49.6 Å². The molecule has 1 aromatic heterocycles. The summed E-state index contributed by atoms with van der Waals surface area (Å²) in [6.45, 7) is 2.10. The van der Waals surface area contributed by atoms with Gasteiger partial charge in [0.05, 0.1) is 11.6 Å². The Balaban J connectivity index is 1.50. The molecule has 0 spiro atoms. The van der Waals surface area contributed by atoms with Gasteiger partial charge in [-0.3, -0.25) is 4.90 Å². The standard InChI is InChI=1S/C22H22N2O2/c25-22(15-7-2-1-3-8-15)26-19-11-6-13-24-14-12-17-16-9-4-5-10-18(16)23-20(17)21(19)24/h1-5,7-10,19,21,23H,6,11-14H2/t19-,21+/m1/s1. The number of nitrogens with zero attached hydrogens (tertiary/aromatic N) is 1. The maximum absolute atomic E-state index is 12.6. The van der Waals surface area contributed by atoms with Gasteiger partial charge in [-0.25, -0.2) is 4.79 Å². The van der Waals surface area contributed by atoms with E-state index >= 15 is 0 Å². The SMILES string of the molecule is O=C(O[C@@H]1CCCN2CCc3c([nH]c4ccccc34)[C@H]12)c1ccccc1. The highest BCUT2D eigenvalue weighted by molar-refractivity contribution is 5.89. The molecule has 0 aliphatic carbocycles. The van der Waals surface area contributed by atoms with Crippen LogP contribution in [0.1, 0.15) is 40.5 Å². The first-order valence-electron chi connectivity index (χ1n) is 9.41. The van der Waals surface area contributed by atoms with Crippen molar-refractivity contribution in [3.63, 3.8) is 0 Å². The molecule has 2 aliphatic heterocycles. The molecule has 2 aliphatic rings. The van der Waals surface area contributed by atoms with E-state index in [1.807, 2.05) is 30.3 Å². The molecule has 3 heterocycles. The van der Waals surface area contributed by atoms with Crippen molar-refractivity contribution in [3.05, 3.63) is 71.4 Å². The number of esters is 1. The number of aromatic amines is 1. The van der Waals surface area contributed by atoms with Gasteiger partial charge in [-0.15, -0.1) is 0 Å². The number of rotatable bonds is 2. The van der Waals surface area contributed by atoms with Crippen molar-refractivity contribution >= 4 is 16.9 Å². The lowest BCUT2D eigenvalue weighted by molar-refractivity contribution is -0.0279. The lowest BCUT2D eigenvalue weighted by Gasteiger charge is -2.43. The van der Waals surface area contributed by atoms with E-state index in [9.17, 15) is 4.79 Å². The molecular weight excluding hydrogens is 324 g/mol. The first-order chi connectivity index (χ1) is 12.8. The van der Waals surface area contributed by atoms with Crippen LogP contribution in [0.4, 0.5) is 0 Å². The van der Waals surface area contributed by atoms with Crippen LogP contribution in [0, 0.1) is 0 Å². The third-order valence-corrected chi connectivity index (χ3v) is 5.74. The first kappa shape index (κ1) is 15.6. The van der Waals surface area contributed by atoms with Gasteiger partial charge < -0.3 is 9.72 Å². The fraction of sp³-hybridized carbons (Fsp3) is 0.318. The predicted octanol–water partition coefficient (Wildman–Crippen LogP) is 4.09. The van der Waals surface area contributed by atoms with Crippen LogP contribution < -0.4 is 0 Å². The number of carbonyl (C=O) groups is 1. The molecule has 26 heavy (non-hydrogen) atoms. The van der Waals surface area contributed by atoms with Crippen molar-refractivity contribution in [3.8, 4) is 0 Å². The Kier molecular flexibility index (Phi) is 3.79. The molecule has 132 valence electrons. The zero-order valence-electron chi connectivity index (χ0n) is 14.7. The summed E-state index contributed by atoms with van der Waals surface area (Å²) >= 11 is 0. The second-order valence-corrected chi connectivity index (χ2v) is 7.25. The Morgan fingerprint density at radius 2 is 1.85 bits per heavy atom. The highest BCUT2D eigenvalue weighted by atomic mass is 16.5. The normalized spacial score (nSPS) is 22.6. The maximum atomic E-state index is 12.6. The van der Waals surface area contributed by atoms with Crippen LogP contribution in [-0.4, -0.2) is 35.0 Å². The van der Waals surface area contributed by atoms with Crippen molar-refractivity contribution in [2.75, 3.05) is 13.1 Å². The van der Waals surface area contributed by atoms with Gasteiger partial charge in [0.15, 0.2) is 0 Å².